The van der Waals surface area contributed by atoms with Gasteiger partial charge in [-0.3, -0.25) is 0 Å². The van der Waals surface area contributed by atoms with Gasteiger partial charge in [-0.05, 0) is 26.3 Å². The van der Waals surface area contributed by atoms with Gasteiger partial charge in [0.25, 0.3) is 0 Å². The summed E-state index contributed by atoms with van der Waals surface area (Å²) in [6, 6.07) is 7.69. The second-order valence-corrected chi connectivity index (χ2v) is 4.49. The van der Waals surface area contributed by atoms with E-state index in [1.807, 2.05) is 31.2 Å². The fourth-order valence-corrected chi connectivity index (χ4v) is 1.67. The van der Waals surface area contributed by atoms with Gasteiger partial charge in [-0.1, -0.05) is 24.3 Å². The van der Waals surface area contributed by atoms with Gasteiger partial charge in [-0.15, -0.1) is 0 Å². The molecule has 0 aliphatic carbocycles. The van der Waals surface area contributed by atoms with Gasteiger partial charge in [0.15, 0.2) is 5.72 Å². The molecule has 4 heteroatoms. The van der Waals surface area contributed by atoms with E-state index in [1.165, 1.54) is 13.8 Å². The minimum atomic E-state index is -1.51. The van der Waals surface area contributed by atoms with Crippen LogP contribution in [0.5, 0.6) is 0 Å². The van der Waals surface area contributed by atoms with Crippen LogP contribution in [0.25, 0.3) is 0 Å². The molecule has 16 heavy (non-hydrogen) atoms. The second-order valence-electron chi connectivity index (χ2n) is 4.49. The molecule has 0 amide bonds. The molecule has 2 unspecified atom stereocenters. The summed E-state index contributed by atoms with van der Waals surface area (Å²) in [5.74, 6) is 0.521. The third-order valence-electron chi connectivity index (χ3n) is 3.01. The highest BCUT2D eigenvalue weighted by atomic mass is 16.4. The molecule has 0 bridgehead atoms. The average molecular weight is 220 g/mol. The van der Waals surface area contributed by atoms with Gasteiger partial charge in [0.2, 0.25) is 5.72 Å². The van der Waals surface area contributed by atoms with E-state index in [9.17, 15) is 10.2 Å². The average Bonchev–Trinajstić information content (AvgIpc) is 2.36. The molecule has 2 atom stereocenters. The van der Waals surface area contributed by atoms with Gasteiger partial charge in [0.1, 0.15) is 5.84 Å². The highest BCUT2D eigenvalue weighted by Crippen LogP contribution is 2.28. The van der Waals surface area contributed by atoms with E-state index in [4.69, 9.17) is 0 Å². The Balaban J connectivity index is 2.43. The van der Waals surface area contributed by atoms with Crippen molar-refractivity contribution in [3.05, 3.63) is 35.4 Å². The zero-order valence-corrected chi connectivity index (χ0v) is 9.65. The SMILES string of the molecule is Cc1ccccc1C1=NC(C)(O)C(C)(O)N1. The summed E-state index contributed by atoms with van der Waals surface area (Å²) in [4.78, 5) is 4.12. The van der Waals surface area contributed by atoms with Crippen molar-refractivity contribution in [1.82, 2.24) is 5.32 Å². The molecule has 1 aliphatic rings. The lowest BCUT2D eigenvalue weighted by molar-refractivity contribution is -0.122. The Morgan fingerprint density at radius 1 is 1.19 bits per heavy atom. The first-order chi connectivity index (χ1) is 7.33. The molecule has 0 saturated heterocycles. The first kappa shape index (κ1) is 11.1. The van der Waals surface area contributed by atoms with Crippen LogP contribution in [-0.4, -0.2) is 27.5 Å². The molecule has 1 aliphatic heterocycles. The molecule has 86 valence electrons. The van der Waals surface area contributed by atoms with Crippen LogP contribution in [0, 0.1) is 6.92 Å². The zero-order chi connectivity index (χ0) is 12.0. The second kappa shape index (κ2) is 3.30. The number of amidine groups is 1. The van der Waals surface area contributed by atoms with Crippen molar-refractivity contribution in [1.29, 1.82) is 0 Å². The van der Waals surface area contributed by atoms with E-state index >= 15 is 0 Å². The van der Waals surface area contributed by atoms with Crippen molar-refractivity contribution in [3.63, 3.8) is 0 Å². The van der Waals surface area contributed by atoms with Crippen LogP contribution in [0.3, 0.4) is 0 Å². The topological polar surface area (TPSA) is 64.9 Å². The Morgan fingerprint density at radius 2 is 1.81 bits per heavy atom. The number of aliphatic hydroxyl groups is 2. The Morgan fingerprint density at radius 3 is 2.31 bits per heavy atom. The van der Waals surface area contributed by atoms with Gasteiger partial charge in [-0.25, -0.2) is 4.99 Å². The first-order valence-electron chi connectivity index (χ1n) is 5.22. The maximum absolute atomic E-state index is 9.97. The summed E-state index contributed by atoms with van der Waals surface area (Å²) < 4.78 is 0. The molecule has 0 aromatic heterocycles. The number of aliphatic imine (C=N–C) groups is 1. The van der Waals surface area contributed by atoms with E-state index in [-0.39, 0.29) is 0 Å². The van der Waals surface area contributed by atoms with Crippen molar-refractivity contribution in [2.75, 3.05) is 0 Å². The van der Waals surface area contributed by atoms with Crippen LogP contribution in [0.2, 0.25) is 0 Å². The largest absolute Gasteiger partial charge is 0.367 e. The minimum absolute atomic E-state index is 0.521. The number of nitrogens with zero attached hydrogens (tertiary/aromatic N) is 1. The molecule has 4 nitrogen and oxygen atoms in total. The van der Waals surface area contributed by atoms with Gasteiger partial charge < -0.3 is 15.5 Å². The Kier molecular flexibility index (Phi) is 2.29. The highest BCUT2D eigenvalue weighted by Gasteiger charge is 2.47. The number of benzene rings is 1. The van der Waals surface area contributed by atoms with Gasteiger partial charge >= 0.3 is 0 Å². The maximum Gasteiger partial charge on any atom is 0.203 e. The van der Waals surface area contributed by atoms with Gasteiger partial charge in [0.05, 0.1) is 0 Å². The Labute approximate surface area is 94.6 Å². The number of aryl methyl sites for hydroxylation is 1. The van der Waals surface area contributed by atoms with E-state index < -0.39 is 11.4 Å². The third-order valence-corrected chi connectivity index (χ3v) is 3.01. The van der Waals surface area contributed by atoms with Crippen LogP contribution in [0.1, 0.15) is 25.0 Å². The van der Waals surface area contributed by atoms with Crippen LogP contribution >= 0.6 is 0 Å². The van der Waals surface area contributed by atoms with E-state index in [1.54, 1.807) is 0 Å². The Bertz CT molecular complexity index is 450. The predicted molar refractivity (Wildman–Crippen MR) is 62.1 cm³/mol. The standard InChI is InChI=1S/C12H16N2O2/c1-8-6-4-5-7-9(8)10-13-11(2,15)12(3,16)14-10/h4-7,15-16H,1-3H3,(H,13,14). The number of nitrogens with one attached hydrogen (secondary N) is 1. The fourth-order valence-electron chi connectivity index (χ4n) is 1.67. The van der Waals surface area contributed by atoms with Crippen LogP contribution in [0.15, 0.2) is 29.3 Å². The number of hydrogen-bond donors (Lipinski definition) is 3. The molecular weight excluding hydrogens is 204 g/mol. The minimum Gasteiger partial charge on any atom is -0.367 e. The van der Waals surface area contributed by atoms with Crippen molar-refractivity contribution >= 4 is 5.84 Å². The molecule has 2 rings (SSSR count). The Hall–Kier alpha value is -1.39. The van der Waals surface area contributed by atoms with E-state index in [0.29, 0.717) is 5.84 Å². The fraction of sp³-hybridized carbons (Fsp3) is 0.417. The van der Waals surface area contributed by atoms with Crippen LogP contribution in [0.4, 0.5) is 0 Å². The van der Waals surface area contributed by atoms with Gasteiger partial charge in [0, 0.05) is 5.56 Å². The highest BCUT2D eigenvalue weighted by molar-refractivity contribution is 6.01. The van der Waals surface area contributed by atoms with Crippen LogP contribution < -0.4 is 5.32 Å². The number of hydrogen-bond acceptors (Lipinski definition) is 4. The lowest BCUT2D eigenvalue weighted by Crippen LogP contribution is -2.54. The zero-order valence-electron chi connectivity index (χ0n) is 9.65. The van der Waals surface area contributed by atoms with E-state index in [2.05, 4.69) is 10.3 Å². The molecule has 0 saturated carbocycles. The molecule has 1 aromatic carbocycles. The van der Waals surface area contributed by atoms with Crippen molar-refractivity contribution in [2.45, 2.75) is 32.2 Å². The lowest BCUT2D eigenvalue weighted by Gasteiger charge is -2.29. The quantitative estimate of drug-likeness (QED) is 0.654. The summed E-state index contributed by atoms with van der Waals surface area (Å²) in [5.41, 5.74) is -1.02. The van der Waals surface area contributed by atoms with Gasteiger partial charge in [-0.2, -0.15) is 0 Å². The van der Waals surface area contributed by atoms with E-state index in [0.717, 1.165) is 11.1 Å². The summed E-state index contributed by atoms with van der Waals surface area (Å²) in [5, 5.41) is 22.7. The maximum atomic E-state index is 9.97. The molecule has 1 aromatic rings. The smallest absolute Gasteiger partial charge is 0.203 e. The summed E-state index contributed by atoms with van der Waals surface area (Å²) >= 11 is 0. The number of rotatable bonds is 1. The molecule has 0 fully saturated rings. The molecular formula is C12H16N2O2. The predicted octanol–water partition coefficient (Wildman–Crippen LogP) is 0.762. The van der Waals surface area contributed by atoms with Crippen molar-refractivity contribution in [3.8, 4) is 0 Å². The lowest BCUT2D eigenvalue weighted by atomic mass is 10.1. The van der Waals surface area contributed by atoms with Crippen molar-refractivity contribution in [2.24, 2.45) is 4.99 Å². The monoisotopic (exact) mass is 220 g/mol. The summed E-state index contributed by atoms with van der Waals surface area (Å²) in [7, 11) is 0. The summed E-state index contributed by atoms with van der Waals surface area (Å²) in [6.07, 6.45) is 0. The molecule has 1 heterocycles. The third kappa shape index (κ3) is 1.60. The first-order valence-corrected chi connectivity index (χ1v) is 5.22. The molecule has 0 radical (unpaired) electrons. The molecule has 3 N–H and O–H groups in total. The summed E-state index contributed by atoms with van der Waals surface area (Å²) in [6.45, 7) is 4.94. The van der Waals surface area contributed by atoms with Crippen molar-refractivity contribution < 1.29 is 10.2 Å². The van der Waals surface area contributed by atoms with Crippen LogP contribution in [-0.2, 0) is 0 Å². The normalized spacial score (nSPS) is 33.4. The molecule has 0 spiro atoms.